The molecule has 2 aromatic rings. The predicted octanol–water partition coefficient (Wildman–Crippen LogP) is 3.74. The zero-order valence-electron chi connectivity index (χ0n) is 15.8. The van der Waals surface area contributed by atoms with E-state index in [1.54, 1.807) is 13.2 Å². The van der Waals surface area contributed by atoms with Gasteiger partial charge in [0.05, 0.1) is 17.6 Å². The zero-order chi connectivity index (χ0) is 21.1. The molecule has 1 aliphatic heterocycles. The van der Waals surface area contributed by atoms with E-state index in [0.29, 0.717) is 37.9 Å². The average molecular weight is 429 g/mol. The lowest BCUT2D eigenvalue weighted by Crippen LogP contribution is -2.44. The third-order valence-corrected chi connectivity index (χ3v) is 6.60. The Balaban J connectivity index is 1.90. The molecule has 0 amide bonds. The molecule has 0 unspecified atom stereocenters. The van der Waals surface area contributed by atoms with Crippen LogP contribution >= 0.6 is 0 Å². The summed E-state index contributed by atoms with van der Waals surface area (Å²) >= 11 is 0. The lowest BCUT2D eigenvalue weighted by Gasteiger charge is -2.38. The van der Waals surface area contributed by atoms with Crippen LogP contribution in [-0.2, 0) is 26.4 Å². The SMILES string of the molecule is COc1ccccc1C1(CNS(=O)(=O)c2cccc(C(F)(F)F)c2)CCOCC1. The van der Waals surface area contributed by atoms with Gasteiger partial charge in [0, 0.05) is 30.7 Å². The molecular formula is C20H22F3NO4S. The number of halogens is 3. The number of benzene rings is 2. The minimum Gasteiger partial charge on any atom is -0.496 e. The number of alkyl halides is 3. The summed E-state index contributed by atoms with van der Waals surface area (Å²) in [6.45, 7) is 0.919. The second-order valence-corrected chi connectivity index (χ2v) is 8.71. The summed E-state index contributed by atoms with van der Waals surface area (Å²) in [5, 5.41) is 0. The van der Waals surface area contributed by atoms with Crippen molar-refractivity contribution < 1.29 is 31.1 Å². The van der Waals surface area contributed by atoms with E-state index in [2.05, 4.69) is 4.72 Å². The fourth-order valence-corrected chi connectivity index (χ4v) is 4.72. The summed E-state index contributed by atoms with van der Waals surface area (Å²) in [6, 6.07) is 11.1. The maximum absolute atomic E-state index is 13.0. The van der Waals surface area contributed by atoms with Gasteiger partial charge < -0.3 is 9.47 Å². The summed E-state index contributed by atoms with van der Waals surface area (Å²) in [5.41, 5.74) is -0.747. The van der Waals surface area contributed by atoms with Gasteiger partial charge in [0.15, 0.2) is 0 Å². The molecule has 1 N–H and O–H groups in total. The van der Waals surface area contributed by atoms with Crippen LogP contribution in [0.25, 0.3) is 0 Å². The number of hydrogen-bond acceptors (Lipinski definition) is 4. The standard InChI is InChI=1S/C20H22F3NO4S/c1-27-18-8-3-2-7-17(18)19(9-11-28-12-10-19)14-24-29(25,26)16-6-4-5-15(13-16)20(21,22)23/h2-8,13,24H,9-12,14H2,1H3. The monoisotopic (exact) mass is 429 g/mol. The van der Waals surface area contributed by atoms with Crippen LogP contribution in [0.2, 0.25) is 0 Å². The summed E-state index contributed by atoms with van der Waals surface area (Å²) in [5.74, 6) is 0.632. The van der Waals surface area contributed by atoms with Gasteiger partial charge in [0.1, 0.15) is 5.75 Å². The van der Waals surface area contributed by atoms with E-state index in [9.17, 15) is 21.6 Å². The highest BCUT2D eigenvalue weighted by atomic mass is 32.2. The van der Waals surface area contributed by atoms with Crippen molar-refractivity contribution in [3.05, 3.63) is 59.7 Å². The van der Waals surface area contributed by atoms with Crippen LogP contribution in [-0.4, -0.2) is 35.3 Å². The van der Waals surface area contributed by atoms with Crippen molar-refractivity contribution in [3.8, 4) is 5.75 Å². The van der Waals surface area contributed by atoms with Crippen LogP contribution in [0.1, 0.15) is 24.0 Å². The van der Waals surface area contributed by atoms with E-state index in [1.807, 2.05) is 18.2 Å². The van der Waals surface area contributed by atoms with Gasteiger partial charge in [0.2, 0.25) is 10.0 Å². The van der Waals surface area contributed by atoms with Crippen molar-refractivity contribution in [2.24, 2.45) is 0 Å². The highest BCUT2D eigenvalue weighted by Crippen LogP contribution is 2.39. The molecule has 0 spiro atoms. The first-order valence-electron chi connectivity index (χ1n) is 9.06. The Morgan fingerprint density at radius 2 is 1.79 bits per heavy atom. The van der Waals surface area contributed by atoms with Crippen LogP contribution < -0.4 is 9.46 Å². The van der Waals surface area contributed by atoms with Gasteiger partial charge in [0.25, 0.3) is 0 Å². The van der Waals surface area contributed by atoms with Crippen LogP contribution in [0.15, 0.2) is 53.4 Å². The second kappa shape index (κ2) is 8.33. The van der Waals surface area contributed by atoms with Crippen molar-refractivity contribution in [2.75, 3.05) is 26.9 Å². The van der Waals surface area contributed by atoms with Crippen molar-refractivity contribution in [1.29, 1.82) is 0 Å². The summed E-state index contributed by atoms with van der Waals surface area (Å²) in [6.07, 6.45) is -3.51. The van der Waals surface area contributed by atoms with Crippen LogP contribution in [0.3, 0.4) is 0 Å². The van der Waals surface area contributed by atoms with Crippen LogP contribution in [0, 0.1) is 0 Å². The van der Waals surface area contributed by atoms with Crippen LogP contribution in [0.5, 0.6) is 5.75 Å². The lowest BCUT2D eigenvalue weighted by atomic mass is 9.74. The first-order chi connectivity index (χ1) is 13.7. The summed E-state index contributed by atoms with van der Waals surface area (Å²) in [4.78, 5) is -0.422. The summed E-state index contributed by atoms with van der Waals surface area (Å²) in [7, 11) is -2.60. The van der Waals surface area contributed by atoms with E-state index >= 15 is 0 Å². The molecule has 0 radical (unpaired) electrons. The first-order valence-corrected chi connectivity index (χ1v) is 10.5. The maximum atomic E-state index is 13.0. The Morgan fingerprint density at radius 1 is 1.10 bits per heavy atom. The number of methoxy groups -OCH3 is 1. The third kappa shape index (κ3) is 4.73. The van der Waals surface area contributed by atoms with E-state index in [4.69, 9.17) is 9.47 Å². The second-order valence-electron chi connectivity index (χ2n) is 6.94. The van der Waals surface area contributed by atoms with Crippen molar-refractivity contribution in [2.45, 2.75) is 29.3 Å². The molecule has 5 nitrogen and oxygen atoms in total. The molecule has 1 saturated heterocycles. The molecule has 3 rings (SSSR count). The molecule has 0 bridgehead atoms. The molecule has 0 atom stereocenters. The van der Waals surface area contributed by atoms with Gasteiger partial charge in [-0.25, -0.2) is 13.1 Å². The normalized spacial score (nSPS) is 17.1. The quantitative estimate of drug-likeness (QED) is 0.760. The fraction of sp³-hybridized carbons (Fsp3) is 0.400. The van der Waals surface area contributed by atoms with E-state index in [0.717, 1.165) is 23.8 Å². The number of rotatable bonds is 6. The molecule has 1 heterocycles. The van der Waals surface area contributed by atoms with Gasteiger partial charge in [-0.15, -0.1) is 0 Å². The average Bonchev–Trinajstić information content (AvgIpc) is 2.72. The molecule has 0 aliphatic carbocycles. The Morgan fingerprint density at radius 3 is 2.45 bits per heavy atom. The summed E-state index contributed by atoms with van der Waals surface area (Å²) < 4.78 is 77.8. The molecule has 158 valence electrons. The van der Waals surface area contributed by atoms with Crippen molar-refractivity contribution >= 4 is 10.0 Å². The molecule has 0 aromatic heterocycles. The Bertz CT molecular complexity index is 954. The van der Waals surface area contributed by atoms with Gasteiger partial charge in [-0.2, -0.15) is 13.2 Å². The van der Waals surface area contributed by atoms with Crippen molar-refractivity contribution in [1.82, 2.24) is 4.72 Å². The molecule has 1 fully saturated rings. The van der Waals surface area contributed by atoms with E-state index < -0.39 is 32.1 Å². The van der Waals surface area contributed by atoms with Gasteiger partial charge >= 0.3 is 6.18 Å². The zero-order valence-corrected chi connectivity index (χ0v) is 16.6. The van der Waals surface area contributed by atoms with Crippen LogP contribution in [0.4, 0.5) is 13.2 Å². The highest BCUT2D eigenvalue weighted by Gasteiger charge is 2.38. The Labute approximate surface area is 167 Å². The van der Waals surface area contributed by atoms with E-state index in [-0.39, 0.29) is 6.54 Å². The Kier molecular flexibility index (Phi) is 6.21. The van der Waals surface area contributed by atoms with Crippen molar-refractivity contribution in [3.63, 3.8) is 0 Å². The first kappa shape index (κ1) is 21.6. The molecular weight excluding hydrogens is 407 g/mol. The lowest BCUT2D eigenvalue weighted by molar-refractivity contribution is -0.137. The molecule has 29 heavy (non-hydrogen) atoms. The topological polar surface area (TPSA) is 64.6 Å². The highest BCUT2D eigenvalue weighted by molar-refractivity contribution is 7.89. The molecule has 1 aliphatic rings. The Hall–Kier alpha value is -2.10. The molecule has 0 saturated carbocycles. The number of para-hydroxylation sites is 1. The largest absolute Gasteiger partial charge is 0.496 e. The minimum atomic E-state index is -4.62. The van der Waals surface area contributed by atoms with Gasteiger partial charge in [-0.3, -0.25) is 0 Å². The number of nitrogens with one attached hydrogen (secondary N) is 1. The smallest absolute Gasteiger partial charge is 0.416 e. The maximum Gasteiger partial charge on any atom is 0.416 e. The number of hydrogen-bond donors (Lipinski definition) is 1. The molecule has 9 heteroatoms. The number of ether oxygens (including phenoxy) is 2. The minimum absolute atomic E-state index is 0.0231. The number of sulfonamides is 1. The third-order valence-electron chi connectivity index (χ3n) is 5.20. The fourth-order valence-electron chi connectivity index (χ4n) is 3.54. The molecule has 2 aromatic carbocycles. The predicted molar refractivity (Wildman–Crippen MR) is 101 cm³/mol. The van der Waals surface area contributed by atoms with Gasteiger partial charge in [-0.05, 0) is 37.1 Å². The van der Waals surface area contributed by atoms with E-state index in [1.165, 1.54) is 0 Å². The van der Waals surface area contributed by atoms with Gasteiger partial charge in [-0.1, -0.05) is 24.3 Å².